The average molecular weight is 260 g/mol. The van der Waals surface area contributed by atoms with Crippen LogP contribution >= 0.6 is 11.6 Å². The van der Waals surface area contributed by atoms with Crippen LogP contribution in [0.2, 0.25) is 5.02 Å². The third kappa shape index (κ3) is 1.78. The minimum atomic E-state index is 0.691. The van der Waals surface area contributed by atoms with Crippen LogP contribution in [-0.4, -0.2) is 25.6 Å². The molecule has 0 fully saturated rings. The first-order valence-electron chi connectivity index (χ1n) is 5.43. The molecule has 2 heterocycles. The molecule has 2 aromatic heterocycles. The van der Waals surface area contributed by atoms with E-state index in [-0.39, 0.29) is 0 Å². The summed E-state index contributed by atoms with van der Waals surface area (Å²) in [5.41, 5.74) is 4.37. The van der Waals surface area contributed by atoms with Crippen molar-refractivity contribution < 1.29 is 0 Å². The summed E-state index contributed by atoms with van der Waals surface area (Å²) in [6.45, 7) is 1.89. The summed E-state index contributed by atoms with van der Waals surface area (Å²) in [4.78, 5) is 0. The van der Waals surface area contributed by atoms with Crippen LogP contribution in [0.1, 0.15) is 5.69 Å². The summed E-state index contributed by atoms with van der Waals surface area (Å²) >= 11 is 6.01. The smallest absolute Gasteiger partial charge is 0.134 e. The van der Waals surface area contributed by atoms with Gasteiger partial charge in [-0.05, 0) is 24.6 Å². The van der Waals surface area contributed by atoms with Crippen molar-refractivity contribution in [3.8, 4) is 22.5 Å². The number of hydrogen-bond donors (Lipinski definition) is 2. The molecule has 0 bridgehead atoms. The Labute approximate surface area is 108 Å². The van der Waals surface area contributed by atoms with Gasteiger partial charge < -0.3 is 0 Å². The Hall–Kier alpha value is -2.14. The first-order chi connectivity index (χ1) is 8.75. The van der Waals surface area contributed by atoms with Gasteiger partial charge >= 0.3 is 0 Å². The molecule has 5 nitrogen and oxygen atoms in total. The third-order valence-corrected chi connectivity index (χ3v) is 2.97. The lowest BCUT2D eigenvalue weighted by molar-refractivity contribution is 0.928. The van der Waals surface area contributed by atoms with Gasteiger partial charge in [0.1, 0.15) is 5.69 Å². The Kier molecular flexibility index (Phi) is 2.60. The highest BCUT2D eigenvalue weighted by Gasteiger charge is 2.14. The van der Waals surface area contributed by atoms with Gasteiger partial charge in [-0.1, -0.05) is 23.7 Å². The van der Waals surface area contributed by atoms with Gasteiger partial charge in [0.05, 0.1) is 17.6 Å². The van der Waals surface area contributed by atoms with Gasteiger partial charge in [0.2, 0.25) is 0 Å². The number of aromatic amines is 2. The molecule has 0 spiro atoms. The second kappa shape index (κ2) is 4.27. The van der Waals surface area contributed by atoms with E-state index in [4.69, 9.17) is 11.6 Å². The average Bonchev–Trinajstić information content (AvgIpc) is 2.96. The molecule has 0 atom stereocenters. The highest BCUT2D eigenvalue weighted by atomic mass is 35.5. The maximum Gasteiger partial charge on any atom is 0.134 e. The molecular formula is C12H10ClN5. The number of aryl methyl sites for hydroxylation is 1. The van der Waals surface area contributed by atoms with Crippen molar-refractivity contribution in [1.29, 1.82) is 0 Å². The van der Waals surface area contributed by atoms with Crippen molar-refractivity contribution in [3.05, 3.63) is 41.2 Å². The molecule has 2 N–H and O–H groups in total. The maximum atomic E-state index is 6.01. The van der Waals surface area contributed by atoms with E-state index in [1.807, 2.05) is 31.2 Å². The molecular weight excluding hydrogens is 250 g/mol. The summed E-state index contributed by atoms with van der Waals surface area (Å²) in [5.74, 6) is 0. The van der Waals surface area contributed by atoms with E-state index in [0.717, 1.165) is 28.2 Å². The molecule has 1 aromatic carbocycles. The Morgan fingerprint density at radius 1 is 1.22 bits per heavy atom. The zero-order chi connectivity index (χ0) is 12.5. The van der Waals surface area contributed by atoms with Gasteiger partial charge in [0, 0.05) is 10.6 Å². The van der Waals surface area contributed by atoms with Crippen molar-refractivity contribution in [1.82, 2.24) is 25.6 Å². The summed E-state index contributed by atoms with van der Waals surface area (Å²) in [5, 5.41) is 18.5. The van der Waals surface area contributed by atoms with E-state index >= 15 is 0 Å². The van der Waals surface area contributed by atoms with Crippen LogP contribution in [0.4, 0.5) is 0 Å². The second-order valence-corrected chi connectivity index (χ2v) is 4.36. The number of rotatable bonds is 2. The Bertz CT molecular complexity index is 685. The van der Waals surface area contributed by atoms with Crippen molar-refractivity contribution in [2.45, 2.75) is 6.92 Å². The molecule has 0 aliphatic carbocycles. The van der Waals surface area contributed by atoms with E-state index in [9.17, 15) is 0 Å². The normalized spacial score (nSPS) is 10.8. The molecule has 0 amide bonds. The summed E-state index contributed by atoms with van der Waals surface area (Å²) in [6.07, 6.45) is 1.76. The maximum absolute atomic E-state index is 6.01. The fourth-order valence-corrected chi connectivity index (χ4v) is 2.05. The number of halogens is 1. The fraction of sp³-hybridized carbons (Fsp3) is 0.0833. The predicted octanol–water partition coefficient (Wildman–Crippen LogP) is 2.82. The molecule has 0 aliphatic heterocycles. The third-order valence-electron chi connectivity index (χ3n) is 2.73. The Balaban J connectivity index is 2.16. The van der Waals surface area contributed by atoms with Crippen molar-refractivity contribution in [2.24, 2.45) is 0 Å². The van der Waals surface area contributed by atoms with E-state index in [1.54, 1.807) is 6.20 Å². The highest BCUT2D eigenvalue weighted by molar-refractivity contribution is 6.30. The largest absolute Gasteiger partial charge is 0.275 e. The summed E-state index contributed by atoms with van der Waals surface area (Å²) in [6, 6.07) is 7.62. The minimum Gasteiger partial charge on any atom is -0.275 e. The van der Waals surface area contributed by atoms with Crippen LogP contribution in [0.3, 0.4) is 0 Å². The van der Waals surface area contributed by atoms with Crippen molar-refractivity contribution in [3.63, 3.8) is 0 Å². The summed E-state index contributed by atoms with van der Waals surface area (Å²) < 4.78 is 0. The number of benzene rings is 1. The highest BCUT2D eigenvalue weighted by Crippen LogP contribution is 2.31. The zero-order valence-corrected chi connectivity index (χ0v) is 10.4. The van der Waals surface area contributed by atoms with Gasteiger partial charge in [-0.15, -0.1) is 0 Å². The zero-order valence-electron chi connectivity index (χ0n) is 9.61. The molecule has 0 unspecified atom stereocenters. The van der Waals surface area contributed by atoms with Crippen LogP contribution in [0.5, 0.6) is 0 Å². The number of nitrogens with zero attached hydrogens (tertiary/aromatic N) is 3. The SMILES string of the molecule is Cc1n[nH]nc1-c1[nH]ncc1-c1cccc(Cl)c1. The Morgan fingerprint density at radius 2 is 2.11 bits per heavy atom. The van der Waals surface area contributed by atoms with Crippen LogP contribution in [0.15, 0.2) is 30.5 Å². The Morgan fingerprint density at radius 3 is 2.83 bits per heavy atom. The lowest BCUT2D eigenvalue weighted by Gasteiger charge is -2.01. The van der Waals surface area contributed by atoms with Crippen LogP contribution in [0, 0.1) is 6.92 Å². The van der Waals surface area contributed by atoms with Crippen molar-refractivity contribution in [2.75, 3.05) is 0 Å². The van der Waals surface area contributed by atoms with E-state index in [0.29, 0.717) is 5.02 Å². The quantitative estimate of drug-likeness (QED) is 0.743. The molecule has 0 saturated carbocycles. The molecule has 0 radical (unpaired) electrons. The fourth-order valence-electron chi connectivity index (χ4n) is 1.86. The molecule has 3 rings (SSSR count). The first-order valence-corrected chi connectivity index (χ1v) is 5.80. The first kappa shape index (κ1) is 11.0. The molecule has 6 heteroatoms. The van der Waals surface area contributed by atoms with Gasteiger partial charge in [-0.3, -0.25) is 5.10 Å². The lowest BCUT2D eigenvalue weighted by atomic mass is 10.0. The molecule has 3 aromatic rings. The topological polar surface area (TPSA) is 70.2 Å². The van der Waals surface area contributed by atoms with Crippen molar-refractivity contribution >= 4 is 11.6 Å². The standard InChI is InChI=1S/C12H10ClN5/c1-7-11(17-18-15-7)12-10(6-14-16-12)8-3-2-4-9(13)5-8/h2-6H,1H3,(H,14,16)(H,15,17,18). The lowest BCUT2D eigenvalue weighted by Crippen LogP contribution is -1.85. The van der Waals surface area contributed by atoms with E-state index < -0.39 is 0 Å². The van der Waals surface area contributed by atoms with Crippen LogP contribution in [0.25, 0.3) is 22.5 Å². The second-order valence-electron chi connectivity index (χ2n) is 3.93. The number of hydrogen-bond acceptors (Lipinski definition) is 3. The molecule has 90 valence electrons. The monoisotopic (exact) mass is 259 g/mol. The van der Waals surface area contributed by atoms with E-state index in [1.165, 1.54) is 0 Å². The minimum absolute atomic E-state index is 0.691. The van der Waals surface area contributed by atoms with Crippen LogP contribution < -0.4 is 0 Å². The van der Waals surface area contributed by atoms with Gasteiger partial charge in [-0.25, -0.2) is 0 Å². The van der Waals surface area contributed by atoms with Gasteiger partial charge in [0.25, 0.3) is 0 Å². The number of nitrogens with one attached hydrogen (secondary N) is 2. The molecule has 0 aliphatic rings. The molecule has 0 saturated heterocycles. The predicted molar refractivity (Wildman–Crippen MR) is 69.1 cm³/mol. The van der Waals surface area contributed by atoms with Crippen LogP contribution in [-0.2, 0) is 0 Å². The van der Waals surface area contributed by atoms with E-state index in [2.05, 4.69) is 25.6 Å². The summed E-state index contributed by atoms with van der Waals surface area (Å²) in [7, 11) is 0. The number of H-pyrrole nitrogens is 2. The number of aromatic nitrogens is 5. The van der Waals surface area contributed by atoms with Gasteiger partial charge in [-0.2, -0.15) is 20.5 Å². The molecule has 18 heavy (non-hydrogen) atoms. The van der Waals surface area contributed by atoms with Gasteiger partial charge in [0.15, 0.2) is 0 Å².